The molecule has 5 nitrogen and oxygen atoms in total. The molecular formula is C15H22N4O. The molecule has 2 saturated heterocycles. The highest BCUT2D eigenvalue weighted by Gasteiger charge is 2.32. The molecule has 0 spiro atoms. The van der Waals surface area contributed by atoms with E-state index in [4.69, 9.17) is 9.72 Å². The van der Waals surface area contributed by atoms with Crippen LogP contribution in [0.25, 0.3) is 0 Å². The molecule has 0 aliphatic carbocycles. The molecule has 5 heteroatoms. The maximum atomic E-state index is 5.78. The van der Waals surface area contributed by atoms with E-state index in [1.807, 2.05) is 0 Å². The quantitative estimate of drug-likeness (QED) is 0.844. The van der Waals surface area contributed by atoms with Crippen LogP contribution in [0, 0.1) is 0 Å². The van der Waals surface area contributed by atoms with Gasteiger partial charge in [0.25, 0.3) is 0 Å². The molecule has 1 aromatic rings. The third kappa shape index (κ3) is 2.00. The van der Waals surface area contributed by atoms with Gasteiger partial charge >= 0.3 is 0 Å². The predicted octanol–water partition coefficient (Wildman–Crippen LogP) is 1.70. The second-order valence-electron chi connectivity index (χ2n) is 6.64. The third-order valence-electron chi connectivity index (χ3n) is 4.48. The smallest absolute Gasteiger partial charge is 0.152 e. The zero-order valence-electron chi connectivity index (χ0n) is 12.2. The van der Waals surface area contributed by atoms with Crippen molar-refractivity contribution in [2.45, 2.75) is 31.9 Å². The highest BCUT2D eigenvalue weighted by molar-refractivity contribution is 5.72. The maximum Gasteiger partial charge on any atom is 0.152 e. The normalized spacial score (nSPS) is 27.2. The molecule has 3 aliphatic heterocycles. The van der Waals surface area contributed by atoms with Crippen molar-refractivity contribution in [2.75, 3.05) is 47.9 Å². The Hall–Kier alpha value is -1.49. The van der Waals surface area contributed by atoms with E-state index >= 15 is 0 Å². The van der Waals surface area contributed by atoms with Gasteiger partial charge in [-0.3, -0.25) is 0 Å². The fraction of sp³-hybridized carbons (Fsp3) is 0.667. The molecule has 20 heavy (non-hydrogen) atoms. The van der Waals surface area contributed by atoms with Gasteiger partial charge < -0.3 is 19.9 Å². The van der Waals surface area contributed by atoms with Gasteiger partial charge in [-0.2, -0.15) is 0 Å². The summed E-state index contributed by atoms with van der Waals surface area (Å²) in [6, 6.07) is 4.95. The van der Waals surface area contributed by atoms with Crippen molar-refractivity contribution in [3.05, 3.63) is 12.1 Å². The van der Waals surface area contributed by atoms with Crippen molar-refractivity contribution in [1.29, 1.82) is 0 Å². The van der Waals surface area contributed by atoms with Crippen LogP contribution >= 0.6 is 0 Å². The second-order valence-corrected chi connectivity index (χ2v) is 6.64. The molecular weight excluding hydrogens is 252 g/mol. The van der Waals surface area contributed by atoms with E-state index < -0.39 is 0 Å². The summed E-state index contributed by atoms with van der Waals surface area (Å²) in [6.45, 7) is 9.14. The maximum absolute atomic E-state index is 5.78. The summed E-state index contributed by atoms with van der Waals surface area (Å²) in [5.74, 6) is 2.12. The molecule has 1 atom stereocenters. The van der Waals surface area contributed by atoms with Crippen LogP contribution in [0.4, 0.5) is 17.3 Å². The Morgan fingerprint density at radius 2 is 2.20 bits per heavy atom. The van der Waals surface area contributed by atoms with Crippen LogP contribution in [0.15, 0.2) is 12.1 Å². The number of ether oxygens (including phenoxy) is 1. The molecule has 2 bridgehead atoms. The lowest BCUT2D eigenvalue weighted by Gasteiger charge is -2.39. The van der Waals surface area contributed by atoms with Gasteiger partial charge in [-0.25, -0.2) is 4.98 Å². The number of anilines is 3. The first kappa shape index (κ1) is 12.3. The second kappa shape index (κ2) is 4.25. The summed E-state index contributed by atoms with van der Waals surface area (Å²) in [5, 5.41) is 3.58. The van der Waals surface area contributed by atoms with Gasteiger partial charge in [0.1, 0.15) is 5.82 Å². The fourth-order valence-electron chi connectivity index (χ4n) is 3.48. The van der Waals surface area contributed by atoms with E-state index in [1.165, 1.54) is 12.1 Å². The summed E-state index contributed by atoms with van der Waals surface area (Å²) >= 11 is 0. The molecule has 3 aliphatic rings. The Morgan fingerprint density at radius 3 is 3.05 bits per heavy atom. The first-order valence-corrected chi connectivity index (χ1v) is 7.52. The summed E-state index contributed by atoms with van der Waals surface area (Å²) in [4.78, 5) is 9.63. The topological polar surface area (TPSA) is 40.6 Å². The predicted molar refractivity (Wildman–Crippen MR) is 80.7 cm³/mol. The SMILES string of the molecule is CC1(C)CN(c2ccc3c(n2)NC2CCN3C2)CCO1. The Balaban J connectivity index is 1.63. The molecule has 0 aromatic carbocycles. The van der Waals surface area contributed by atoms with Crippen molar-refractivity contribution in [3.8, 4) is 0 Å². The molecule has 1 aromatic heterocycles. The van der Waals surface area contributed by atoms with E-state index in [1.54, 1.807) is 0 Å². The van der Waals surface area contributed by atoms with Crippen LogP contribution in [-0.2, 0) is 4.74 Å². The summed E-state index contributed by atoms with van der Waals surface area (Å²) in [6.07, 6.45) is 1.22. The number of hydrogen-bond donors (Lipinski definition) is 1. The van der Waals surface area contributed by atoms with Crippen molar-refractivity contribution in [2.24, 2.45) is 0 Å². The van der Waals surface area contributed by atoms with Gasteiger partial charge in [-0.05, 0) is 32.4 Å². The average molecular weight is 274 g/mol. The first-order valence-electron chi connectivity index (χ1n) is 7.52. The minimum Gasteiger partial charge on any atom is -0.372 e. The van der Waals surface area contributed by atoms with Crippen LogP contribution in [0.5, 0.6) is 0 Å². The number of hydrogen-bond acceptors (Lipinski definition) is 5. The molecule has 4 heterocycles. The lowest BCUT2D eigenvalue weighted by atomic mass is 10.1. The van der Waals surface area contributed by atoms with E-state index in [9.17, 15) is 0 Å². The van der Waals surface area contributed by atoms with Crippen molar-refractivity contribution < 1.29 is 4.74 Å². The Kier molecular flexibility index (Phi) is 2.61. The van der Waals surface area contributed by atoms with E-state index in [2.05, 4.69) is 41.1 Å². The molecule has 2 fully saturated rings. The molecule has 0 radical (unpaired) electrons. The minimum absolute atomic E-state index is 0.0915. The van der Waals surface area contributed by atoms with Gasteiger partial charge in [-0.1, -0.05) is 0 Å². The van der Waals surface area contributed by atoms with Gasteiger partial charge in [-0.15, -0.1) is 0 Å². The van der Waals surface area contributed by atoms with E-state index in [0.717, 1.165) is 44.4 Å². The lowest BCUT2D eigenvalue weighted by Crippen LogP contribution is -2.48. The number of rotatable bonds is 1. The minimum atomic E-state index is -0.0915. The van der Waals surface area contributed by atoms with Crippen molar-refractivity contribution in [3.63, 3.8) is 0 Å². The Labute approximate surface area is 119 Å². The van der Waals surface area contributed by atoms with Gasteiger partial charge in [0.15, 0.2) is 5.82 Å². The van der Waals surface area contributed by atoms with Gasteiger partial charge in [0, 0.05) is 32.2 Å². The average Bonchev–Trinajstić information content (AvgIpc) is 2.80. The highest BCUT2D eigenvalue weighted by atomic mass is 16.5. The number of aromatic nitrogens is 1. The zero-order chi connectivity index (χ0) is 13.7. The highest BCUT2D eigenvalue weighted by Crippen LogP contribution is 2.36. The standard InChI is InChI=1S/C15H22N4O/c1-15(2)10-19(7-8-20-15)13-4-3-12-14(17-13)16-11-5-6-18(12)9-11/h3-4,11H,5-10H2,1-2H3,(H,16,17). The number of nitrogens with zero attached hydrogens (tertiary/aromatic N) is 3. The number of nitrogens with one attached hydrogen (secondary N) is 1. The first-order chi connectivity index (χ1) is 9.61. The lowest BCUT2D eigenvalue weighted by molar-refractivity contribution is -0.0279. The third-order valence-corrected chi connectivity index (χ3v) is 4.48. The number of fused-ring (bicyclic) bond motifs is 4. The molecule has 108 valence electrons. The fourth-order valence-corrected chi connectivity index (χ4v) is 3.48. The van der Waals surface area contributed by atoms with Crippen LogP contribution in [0.1, 0.15) is 20.3 Å². The Morgan fingerprint density at radius 1 is 1.30 bits per heavy atom. The number of morpholine rings is 1. The van der Waals surface area contributed by atoms with Crippen LogP contribution < -0.4 is 15.1 Å². The van der Waals surface area contributed by atoms with Crippen LogP contribution in [0.2, 0.25) is 0 Å². The van der Waals surface area contributed by atoms with Crippen molar-refractivity contribution in [1.82, 2.24) is 4.98 Å². The molecule has 1 unspecified atom stereocenters. The molecule has 0 saturated carbocycles. The van der Waals surface area contributed by atoms with Crippen molar-refractivity contribution >= 4 is 17.3 Å². The van der Waals surface area contributed by atoms with E-state index in [0.29, 0.717) is 6.04 Å². The molecule has 1 N–H and O–H groups in total. The largest absolute Gasteiger partial charge is 0.372 e. The molecule has 0 amide bonds. The van der Waals surface area contributed by atoms with Crippen LogP contribution in [0.3, 0.4) is 0 Å². The molecule has 4 rings (SSSR count). The summed E-state index contributed by atoms with van der Waals surface area (Å²) in [5.41, 5.74) is 1.17. The summed E-state index contributed by atoms with van der Waals surface area (Å²) in [7, 11) is 0. The van der Waals surface area contributed by atoms with Gasteiger partial charge in [0.05, 0.1) is 17.9 Å². The van der Waals surface area contributed by atoms with Crippen LogP contribution in [-0.4, -0.2) is 49.4 Å². The Bertz CT molecular complexity index is 531. The number of pyridine rings is 1. The van der Waals surface area contributed by atoms with E-state index in [-0.39, 0.29) is 5.60 Å². The monoisotopic (exact) mass is 274 g/mol. The van der Waals surface area contributed by atoms with Gasteiger partial charge in [0.2, 0.25) is 0 Å². The zero-order valence-corrected chi connectivity index (χ0v) is 12.2. The summed E-state index contributed by atoms with van der Waals surface area (Å²) < 4.78 is 5.78.